The standard InChI is InChI=1S/C9H12N4S/c1-6-3-13(12-9(6)10)4-8-5-14-7(2)11-8/h3,5H,4H2,1-2H3,(H2,10,12). The van der Waals surface area contributed by atoms with Crippen LogP contribution >= 0.6 is 11.3 Å². The lowest BCUT2D eigenvalue weighted by Gasteiger charge is -1.95. The van der Waals surface area contributed by atoms with E-state index in [4.69, 9.17) is 5.73 Å². The summed E-state index contributed by atoms with van der Waals surface area (Å²) in [4.78, 5) is 4.36. The lowest BCUT2D eigenvalue weighted by molar-refractivity contribution is 0.677. The molecule has 0 unspecified atom stereocenters. The van der Waals surface area contributed by atoms with E-state index in [9.17, 15) is 0 Å². The summed E-state index contributed by atoms with van der Waals surface area (Å²) in [7, 11) is 0. The number of aryl methyl sites for hydroxylation is 2. The van der Waals surface area contributed by atoms with Gasteiger partial charge in [-0.1, -0.05) is 0 Å². The van der Waals surface area contributed by atoms with Crippen molar-refractivity contribution in [1.82, 2.24) is 14.8 Å². The summed E-state index contributed by atoms with van der Waals surface area (Å²) in [6.07, 6.45) is 1.93. The van der Waals surface area contributed by atoms with Crippen LogP contribution in [0.5, 0.6) is 0 Å². The summed E-state index contributed by atoms with van der Waals surface area (Å²) in [6, 6.07) is 0. The Morgan fingerprint density at radius 3 is 2.79 bits per heavy atom. The van der Waals surface area contributed by atoms with Gasteiger partial charge in [0.05, 0.1) is 17.2 Å². The second-order valence-electron chi connectivity index (χ2n) is 3.25. The highest BCUT2D eigenvalue weighted by molar-refractivity contribution is 7.09. The third-order valence-corrected chi connectivity index (χ3v) is 2.80. The van der Waals surface area contributed by atoms with Crippen LogP contribution in [0.1, 0.15) is 16.3 Å². The van der Waals surface area contributed by atoms with Crippen molar-refractivity contribution in [2.24, 2.45) is 0 Å². The predicted octanol–water partition coefficient (Wildman–Crippen LogP) is 1.59. The van der Waals surface area contributed by atoms with Gasteiger partial charge in [-0.2, -0.15) is 5.10 Å². The van der Waals surface area contributed by atoms with Crippen molar-refractivity contribution in [3.8, 4) is 0 Å². The first kappa shape index (κ1) is 9.21. The second kappa shape index (κ2) is 3.42. The molecule has 4 nitrogen and oxygen atoms in total. The SMILES string of the molecule is Cc1nc(Cn2cc(C)c(N)n2)cs1. The average Bonchev–Trinajstić information content (AvgIpc) is 2.62. The molecule has 0 amide bonds. The number of rotatable bonds is 2. The number of aromatic nitrogens is 3. The summed E-state index contributed by atoms with van der Waals surface area (Å²) >= 11 is 1.65. The molecule has 0 fully saturated rings. The smallest absolute Gasteiger partial charge is 0.148 e. The quantitative estimate of drug-likeness (QED) is 0.815. The molecule has 5 heteroatoms. The molecular weight excluding hydrogens is 196 g/mol. The highest BCUT2D eigenvalue weighted by Gasteiger charge is 2.03. The van der Waals surface area contributed by atoms with E-state index < -0.39 is 0 Å². The molecule has 0 saturated heterocycles. The first-order valence-corrected chi connectivity index (χ1v) is 5.23. The first-order chi connectivity index (χ1) is 6.65. The molecule has 0 saturated carbocycles. The third kappa shape index (κ3) is 1.77. The van der Waals surface area contributed by atoms with E-state index in [-0.39, 0.29) is 0 Å². The second-order valence-corrected chi connectivity index (χ2v) is 4.32. The highest BCUT2D eigenvalue weighted by Crippen LogP contribution is 2.11. The first-order valence-electron chi connectivity index (χ1n) is 4.35. The Bertz CT molecular complexity index is 424. The fourth-order valence-corrected chi connectivity index (χ4v) is 1.87. The summed E-state index contributed by atoms with van der Waals surface area (Å²) in [5.74, 6) is 0.594. The minimum Gasteiger partial charge on any atom is -0.382 e. The van der Waals surface area contributed by atoms with Crippen molar-refractivity contribution in [3.63, 3.8) is 0 Å². The number of nitrogens with two attached hydrogens (primary N) is 1. The molecule has 0 aromatic carbocycles. The van der Waals surface area contributed by atoms with Gasteiger partial charge in [-0.3, -0.25) is 4.68 Å². The zero-order valence-electron chi connectivity index (χ0n) is 8.19. The summed E-state index contributed by atoms with van der Waals surface area (Å²) in [6.45, 7) is 4.64. The number of nitrogen functional groups attached to an aromatic ring is 1. The molecule has 2 rings (SSSR count). The monoisotopic (exact) mass is 208 g/mol. The van der Waals surface area contributed by atoms with Crippen molar-refractivity contribution in [3.05, 3.63) is 27.8 Å². The van der Waals surface area contributed by atoms with Crippen LogP contribution in [0.2, 0.25) is 0 Å². The van der Waals surface area contributed by atoms with Crippen LogP contribution in [-0.4, -0.2) is 14.8 Å². The number of anilines is 1. The topological polar surface area (TPSA) is 56.7 Å². The molecule has 0 aliphatic carbocycles. The molecule has 2 heterocycles. The van der Waals surface area contributed by atoms with Gasteiger partial charge in [0.15, 0.2) is 0 Å². The van der Waals surface area contributed by atoms with Crippen LogP contribution in [0, 0.1) is 13.8 Å². The van der Waals surface area contributed by atoms with E-state index >= 15 is 0 Å². The number of thiazole rings is 1. The van der Waals surface area contributed by atoms with Gasteiger partial charge in [0.25, 0.3) is 0 Å². The predicted molar refractivity (Wildman–Crippen MR) is 57.3 cm³/mol. The van der Waals surface area contributed by atoms with Crippen LogP contribution in [0.4, 0.5) is 5.82 Å². The lowest BCUT2D eigenvalue weighted by atomic mass is 10.4. The fourth-order valence-electron chi connectivity index (χ4n) is 1.26. The molecular formula is C9H12N4S. The minimum absolute atomic E-state index is 0.594. The van der Waals surface area contributed by atoms with Crippen LogP contribution < -0.4 is 5.73 Å². The normalized spacial score (nSPS) is 10.7. The zero-order chi connectivity index (χ0) is 10.1. The van der Waals surface area contributed by atoms with Crippen molar-refractivity contribution in [1.29, 1.82) is 0 Å². The van der Waals surface area contributed by atoms with E-state index in [1.165, 1.54) is 0 Å². The molecule has 14 heavy (non-hydrogen) atoms. The maximum atomic E-state index is 5.65. The van der Waals surface area contributed by atoms with Gasteiger partial charge in [0, 0.05) is 17.1 Å². The van der Waals surface area contributed by atoms with Crippen molar-refractivity contribution in [2.45, 2.75) is 20.4 Å². The van der Waals surface area contributed by atoms with E-state index in [0.717, 1.165) is 16.3 Å². The van der Waals surface area contributed by atoms with Crippen LogP contribution in [-0.2, 0) is 6.54 Å². The van der Waals surface area contributed by atoms with Gasteiger partial charge in [-0.15, -0.1) is 11.3 Å². The van der Waals surface area contributed by atoms with Crippen molar-refractivity contribution < 1.29 is 0 Å². The molecule has 2 aromatic rings. The Labute approximate surface area is 86.4 Å². The van der Waals surface area contributed by atoms with Gasteiger partial charge >= 0.3 is 0 Å². The zero-order valence-corrected chi connectivity index (χ0v) is 9.01. The average molecular weight is 208 g/mol. The van der Waals surface area contributed by atoms with Gasteiger partial charge in [-0.25, -0.2) is 4.98 Å². The summed E-state index contributed by atoms with van der Waals surface area (Å²) in [5.41, 5.74) is 7.70. The minimum atomic E-state index is 0.594. The molecule has 0 aliphatic heterocycles. The van der Waals surface area contributed by atoms with E-state index in [2.05, 4.69) is 10.1 Å². The molecule has 74 valence electrons. The molecule has 2 N–H and O–H groups in total. The molecule has 2 aromatic heterocycles. The van der Waals surface area contributed by atoms with E-state index in [0.29, 0.717) is 12.4 Å². The Kier molecular flexibility index (Phi) is 2.25. The van der Waals surface area contributed by atoms with Gasteiger partial charge in [-0.05, 0) is 13.8 Å². The maximum absolute atomic E-state index is 5.65. The Hall–Kier alpha value is -1.36. The molecule has 0 atom stereocenters. The van der Waals surface area contributed by atoms with Crippen molar-refractivity contribution in [2.75, 3.05) is 5.73 Å². The highest BCUT2D eigenvalue weighted by atomic mass is 32.1. The molecule has 0 radical (unpaired) electrons. The lowest BCUT2D eigenvalue weighted by Crippen LogP contribution is -2.01. The number of hydrogen-bond donors (Lipinski definition) is 1. The van der Waals surface area contributed by atoms with Gasteiger partial charge < -0.3 is 5.73 Å². The van der Waals surface area contributed by atoms with E-state index in [1.807, 2.05) is 30.1 Å². The largest absolute Gasteiger partial charge is 0.382 e. The number of hydrogen-bond acceptors (Lipinski definition) is 4. The van der Waals surface area contributed by atoms with Crippen molar-refractivity contribution >= 4 is 17.2 Å². The van der Waals surface area contributed by atoms with Crippen LogP contribution in [0.15, 0.2) is 11.6 Å². The molecule has 0 aliphatic rings. The van der Waals surface area contributed by atoms with E-state index in [1.54, 1.807) is 11.3 Å². The Balaban J connectivity index is 2.18. The summed E-state index contributed by atoms with van der Waals surface area (Å²) < 4.78 is 1.82. The summed E-state index contributed by atoms with van der Waals surface area (Å²) in [5, 5.41) is 7.30. The third-order valence-electron chi connectivity index (χ3n) is 1.97. The number of nitrogens with zero attached hydrogens (tertiary/aromatic N) is 3. The van der Waals surface area contributed by atoms with Gasteiger partial charge in [0.1, 0.15) is 5.82 Å². The van der Waals surface area contributed by atoms with Gasteiger partial charge in [0.2, 0.25) is 0 Å². The van der Waals surface area contributed by atoms with Crippen LogP contribution in [0.3, 0.4) is 0 Å². The fraction of sp³-hybridized carbons (Fsp3) is 0.333. The Morgan fingerprint density at radius 1 is 1.50 bits per heavy atom. The van der Waals surface area contributed by atoms with Crippen LogP contribution in [0.25, 0.3) is 0 Å². The molecule has 0 spiro atoms. The molecule has 0 bridgehead atoms. The maximum Gasteiger partial charge on any atom is 0.148 e. The Morgan fingerprint density at radius 2 is 2.29 bits per heavy atom.